The Bertz CT molecular complexity index is 2220. The maximum Gasteiger partial charge on any atom is 0.135 e. The molecule has 0 saturated carbocycles. The molecule has 2 unspecified atom stereocenters. The van der Waals surface area contributed by atoms with E-state index in [2.05, 4.69) is 139 Å². The lowest BCUT2D eigenvalue weighted by Gasteiger charge is -2.30. The second kappa shape index (κ2) is 8.23. The lowest BCUT2D eigenvalue weighted by atomic mass is 9.70. The smallest absolute Gasteiger partial charge is 0.135 e. The van der Waals surface area contributed by atoms with Gasteiger partial charge in [0.2, 0.25) is 0 Å². The van der Waals surface area contributed by atoms with Crippen molar-refractivity contribution in [2.75, 3.05) is 4.90 Å². The van der Waals surface area contributed by atoms with E-state index in [-0.39, 0.29) is 17.5 Å². The van der Waals surface area contributed by atoms with E-state index in [4.69, 9.17) is 9.41 Å². The van der Waals surface area contributed by atoms with Gasteiger partial charge in [-0.25, -0.2) is 0 Å². The van der Waals surface area contributed by atoms with Crippen molar-refractivity contribution in [3.05, 3.63) is 150 Å². The van der Waals surface area contributed by atoms with Crippen LogP contribution < -0.4 is 4.90 Å². The summed E-state index contributed by atoms with van der Waals surface area (Å²) in [4.78, 5) is 7.46. The molecule has 4 aliphatic rings. The van der Waals surface area contributed by atoms with Crippen molar-refractivity contribution in [3.8, 4) is 22.3 Å². The number of fused-ring (bicyclic) bond motifs is 14. The summed E-state index contributed by atoms with van der Waals surface area (Å²) in [5.74, 6) is 1.13. The van der Waals surface area contributed by atoms with Gasteiger partial charge >= 0.3 is 0 Å². The first-order valence-corrected chi connectivity index (χ1v) is 15.3. The number of amidine groups is 1. The lowest BCUT2D eigenvalue weighted by Crippen LogP contribution is -2.38. The summed E-state index contributed by atoms with van der Waals surface area (Å²) >= 11 is 0. The van der Waals surface area contributed by atoms with Crippen molar-refractivity contribution in [2.45, 2.75) is 30.8 Å². The number of nitrogens with zero attached hydrogens (tertiary/aromatic N) is 2. The quantitative estimate of drug-likeness (QED) is 0.214. The Hall–Kier alpha value is -5.15. The third-order valence-corrected chi connectivity index (χ3v) is 10.1. The van der Waals surface area contributed by atoms with Gasteiger partial charge in [0.1, 0.15) is 17.0 Å². The number of hydrogen-bond acceptors (Lipinski definition) is 3. The van der Waals surface area contributed by atoms with E-state index < -0.39 is 0 Å². The van der Waals surface area contributed by atoms with Gasteiger partial charge in [-0.1, -0.05) is 104 Å². The van der Waals surface area contributed by atoms with Crippen molar-refractivity contribution in [1.82, 2.24) is 0 Å². The molecule has 10 rings (SSSR count). The molecule has 0 amide bonds. The first kappa shape index (κ1) is 23.4. The largest absolute Gasteiger partial charge is 0.456 e. The number of aliphatic imine (C=N–C) groups is 1. The molecule has 204 valence electrons. The molecule has 5 aromatic carbocycles. The van der Waals surface area contributed by atoms with Crippen molar-refractivity contribution in [2.24, 2.45) is 4.99 Å². The summed E-state index contributed by atoms with van der Waals surface area (Å²) in [5, 5.41) is 2.31. The van der Waals surface area contributed by atoms with Gasteiger partial charge in [0.25, 0.3) is 0 Å². The van der Waals surface area contributed by atoms with Crippen LogP contribution in [-0.4, -0.2) is 17.9 Å². The minimum Gasteiger partial charge on any atom is -0.456 e. The number of rotatable bonds is 2. The Morgan fingerprint density at radius 2 is 1.28 bits per heavy atom. The van der Waals surface area contributed by atoms with Crippen LogP contribution in [0.3, 0.4) is 0 Å². The Morgan fingerprint density at radius 3 is 1.98 bits per heavy atom. The topological polar surface area (TPSA) is 28.7 Å². The highest BCUT2D eigenvalue weighted by Gasteiger charge is 2.51. The number of allylic oxidation sites excluding steroid dienone is 2. The second-order valence-corrected chi connectivity index (χ2v) is 12.1. The fraction of sp³-hybridized carbons (Fsp3) is 0.125. The van der Waals surface area contributed by atoms with E-state index in [1.165, 1.54) is 50.2 Å². The van der Waals surface area contributed by atoms with Crippen LogP contribution in [0.2, 0.25) is 0 Å². The molecular weight excluding hydrogens is 524 g/mol. The summed E-state index contributed by atoms with van der Waals surface area (Å²) in [6, 6.07) is 38.6. The molecule has 0 radical (unpaired) electrons. The maximum atomic E-state index is 6.66. The third kappa shape index (κ3) is 2.83. The van der Waals surface area contributed by atoms with E-state index in [0.717, 1.165) is 34.2 Å². The molecule has 1 aliphatic heterocycles. The highest BCUT2D eigenvalue weighted by molar-refractivity contribution is 6.11. The average molecular weight is 553 g/mol. The van der Waals surface area contributed by atoms with Gasteiger partial charge in [0, 0.05) is 22.9 Å². The summed E-state index contributed by atoms with van der Waals surface area (Å²) < 4.78 is 6.66. The van der Waals surface area contributed by atoms with Crippen molar-refractivity contribution >= 4 is 33.5 Å². The zero-order chi connectivity index (χ0) is 28.3. The second-order valence-electron chi connectivity index (χ2n) is 12.1. The molecule has 43 heavy (non-hydrogen) atoms. The summed E-state index contributed by atoms with van der Waals surface area (Å²) in [5.41, 5.74) is 13.2. The van der Waals surface area contributed by atoms with Crippen LogP contribution >= 0.6 is 0 Å². The summed E-state index contributed by atoms with van der Waals surface area (Å²) in [6.07, 6.45) is 9.63. The van der Waals surface area contributed by atoms with Crippen molar-refractivity contribution < 1.29 is 4.42 Å². The van der Waals surface area contributed by atoms with Crippen LogP contribution in [0.4, 0.5) is 5.69 Å². The van der Waals surface area contributed by atoms with E-state index in [0.29, 0.717) is 0 Å². The average Bonchev–Trinajstić information content (AvgIpc) is 3.78. The predicted octanol–water partition coefficient (Wildman–Crippen LogP) is 9.42. The zero-order valence-electron chi connectivity index (χ0n) is 23.8. The van der Waals surface area contributed by atoms with E-state index in [1.807, 2.05) is 0 Å². The molecule has 0 bridgehead atoms. The zero-order valence-corrected chi connectivity index (χ0v) is 23.8. The summed E-state index contributed by atoms with van der Waals surface area (Å²) in [6.45, 7) is 2.19. The van der Waals surface area contributed by atoms with Crippen LogP contribution in [-0.2, 0) is 5.41 Å². The first-order chi connectivity index (χ1) is 21.3. The Balaban J connectivity index is 1.23. The van der Waals surface area contributed by atoms with Crippen molar-refractivity contribution in [1.29, 1.82) is 0 Å². The van der Waals surface area contributed by atoms with Gasteiger partial charge < -0.3 is 9.32 Å². The molecule has 1 aromatic heterocycles. The molecule has 2 heterocycles. The van der Waals surface area contributed by atoms with Crippen LogP contribution in [0.5, 0.6) is 0 Å². The molecule has 0 N–H and O–H groups in total. The molecule has 0 saturated heterocycles. The van der Waals surface area contributed by atoms with Gasteiger partial charge in [-0.05, 0) is 74.8 Å². The van der Waals surface area contributed by atoms with Crippen molar-refractivity contribution in [3.63, 3.8) is 0 Å². The molecule has 3 aliphatic carbocycles. The SMILES string of the molecule is CCC1=NC2C=CC=CC2N1c1ccc2oc3cc4c(cc3c2c1)-c1ccccc1C41c2ccccc2-c2ccccc21. The highest BCUT2D eigenvalue weighted by Crippen LogP contribution is 2.63. The van der Waals surface area contributed by atoms with Gasteiger partial charge in [0.05, 0.1) is 17.5 Å². The lowest BCUT2D eigenvalue weighted by molar-refractivity contribution is 0.666. The number of benzene rings is 5. The standard InChI is InChI=1S/C40H28N2O/c1-2-39-41-35-17-9-10-18-36(35)42(39)24-19-20-37-29(21-24)30-22-28-27-13-5-8-16-33(27)40(34(28)23-38(30)43-37)31-14-6-3-11-25(31)26-12-4-7-15-32(26)40/h3-23,35-36H,2H2,1H3. The molecule has 1 spiro atoms. The Kier molecular flexibility index (Phi) is 4.48. The fourth-order valence-electron chi connectivity index (χ4n) is 8.43. The normalized spacial score (nSPS) is 19.9. The molecule has 6 aromatic rings. The molecule has 3 heteroatoms. The summed E-state index contributed by atoms with van der Waals surface area (Å²) in [7, 11) is 0. The number of anilines is 1. The molecular formula is C40H28N2O. The minimum absolute atomic E-state index is 0.171. The van der Waals surface area contributed by atoms with Gasteiger partial charge in [-0.15, -0.1) is 0 Å². The molecule has 3 nitrogen and oxygen atoms in total. The number of furan rings is 1. The van der Waals surface area contributed by atoms with Gasteiger partial charge in [0.15, 0.2) is 0 Å². The molecule has 0 fully saturated rings. The van der Waals surface area contributed by atoms with Crippen LogP contribution in [0.1, 0.15) is 35.6 Å². The fourth-order valence-corrected chi connectivity index (χ4v) is 8.43. The first-order valence-electron chi connectivity index (χ1n) is 15.3. The Labute approximate surface area is 250 Å². The number of hydrogen-bond donors (Lipinski definition) is 0. The predicted molar refractivity (Wildman–Crippen MR) is 176 cm³/mol. The van der Waals surface area contributed by atoms with E-state index in [1.54, 1.807) is 0 Å². The maximum absolute atomic E-state index is 6.66. The Morgan fingerprint density at radius 1 is 0.651 bits per heavy atom. The van der Waals surface area contributed by atoms with Crippen LogP contribution in [0, 0.1) is 0 Å². The highest BCUT2D eigenvalue weighted by atomic mass is 16.3. The van der Waals surface area contributed by atoms with E-state index >= 15 is 0 Å². The van der Waals surface area contributed by atoms with Gasteiger partial charge in [-0.2, -0.15) is 0 Å². The van der Waals surface area contributed by atoms with Crippen LogP contribution in [0.15, 0.2) is 137 Å². The monoisotopic (exact) mass is 552 g/mol. The third-order valence-electron chi connectivity index (χ3n) is 10.1. The van der Waals surface area contributed by atoms with Crippen LogP contribution in [0.25, 0.3) is 44.2 Å². The molecule has 2 atom stereocenters. The van der Waals surface area contributed by atoms with E-state index in [9.17, 15) is 0 Å². The minimum atomic E-state index is -0.366. The van der Waals surface area contributed by atoms with Gasteiger partial charge in [-0.3, -0.25) is 4.99 Å².